The number of hydrogen-bond acceptors (Lipinski definition) is 3. The number of aryl methyl sites for hydroxylation is 3. The van der Waals surface area contributed by atoms with Crippen LogP contribution >= 0.6 is 24.0 Å². The summed E-state index contributed by atoms with van der Waals surface area (Å²) in [5.74, 6) is 1.68. The number of hydrogen-bond donors (Lipinski definition) is 1. The average Bonchev–Trinajstić information content (AvgIpc) is 3.03. The van der Waals surface area contributed by atoms with Gasteiger partial charge in [0, 0.05) is 39.1 Å². The first kappa shape index (κ1) is 22.9. The largest absolute Gasteiger partial charge is 0.352 e. The van der Waals surface area contributed by atoms with E-state index in [0.29, 0.717) is 6.54 Å². The highest BCUT2D eigenvalue weighted by Crippen LogP contribution is 2.11. The third-order valence-electron chi connectivity index (χ3n) is 4.73. The van der Waals surface area contributed by atoms with E-state index < -0.39 is 0 Å². The Morgan fingerprint density at radius 2 is 1.90 bits per heavy atom. The lowest BCUT2D eigenvalue weighted by atomic mass is 10.1. The Morgan fingerprint density at radius 3 is 2.48 bits per heavy atom. The summed E-state index contributed by atoms with van der Waals surface area (Å²) in [6.45, 7) is 7.62. The summed E-state index contributed by atoms with van der Waals surface area (Å²) >= 11 is 0. The lowest BCUT2D eigenvalue weighted by molar-refractivity contribution is 0.475. The van der Waals surface area contributed by atoms with Crippen molar-refractivity contribution in [2.75, 3.05) is 14.1 Å². The Morgan fingerprint density at radius 1 is 1.14 bits per heavy atom. The monoisotopic (exact) mass is 504 g/mol. The van der Waals surface area contributed by atoms with E-state index in [1.807, 2.05) is 43.9 Å². The highest BCUT2D eigenvalue weighted by atomic mass is 127. The van der Waals surface area contributed by atoms with Gasteiger partial charge in [0.05, 0.1) is 5.69 Å². The standard InChI is InChI=1S/C22H28N6.HI/c1-16-8-6-7-9-20(16)15-27(5)22(23-4)25-14-19-10-11-21(24-13-19)28-18(3)12-17(2)26-28;/h6-13H,14-15H2,1-5H3,(H,23,25);1H. The Kier molecular flexibility index (Phi) is 8.19. The number of nitrogens with one attached hydrogen (secondary N) is 1. The predicted molar refractivity (Wildman–Crippen MR) is 129 cm³/mol. The maximum absolute atomic E-state index is 4.56. The Labute approximate surface area is 190 Å². The van der Waals surface area contributed by atoms with Crippen molar-refractivity contribution in [3.8, 4) is 5.82 Å². The maximum Gasteiger partial charge on any atom is 0.193 e. The zero-order valence-corrected chi connectivity index (χ0v) is 20.0. The molecule has 1 aromatic carbocycles. The minimum Gasteiger partial charge on any atom is -0.352 e. The van der Waals surface area contributed by atoms with Gasteiger partial charge in [-0.05, 0) is 49.6 Å². The van der Waals surface area contributed by atoms with Crippen LogP contribution in [0, 0.1) is 20.8 Å². The van der Waals surface area contributed by atoms with E-state index in [-0.39, 0.29) is 24.0 Å². The fraction of sp³-hybridized carbons (Fsp3) is 0.318. The molecule has 0 atom stereocenters. The number of pyridine rings is 1. The van der Waals surface area contributed by atoms with Crippen LogP contribution in [0.15, 0.2) is 53.7 Å². The summed E-state index contributed by atoms with van der Waals surface area (Å²) in [5.41, 5.74) is 5.74. The molecule has 0 saturated carbocycles. The molecule has 0 unspecified atom stereocenters. The molecule has 0 aliphatic rings. The van der Waals surface area contributed by atoms with Gasteiger partial charge in [0.2, 0.25) is 0 Å². The summed E-state index contributed by atoms with van der Waals surface area (Å²) < 4.78 is 1.86. The van der Waals surface area contributed by atoms with E-state index in [1.165, 1.54) is 11.1 Å². The molecule has 0 aliphatic carbocycles. The predicted octanol–water partition coefficient (Wildman–Crippen LogP) is 4.02. The van der Waals surface area contributed by atoms with Crippen molar-refractivity contribution in [2.45, 2.75) is 33.9 Å². The van der Waals surface area contributed by atoms with E-state index in [9.17, 15) is 0 Å². The maximum atomic E-state index is 4.56. The van der Waals surface area contributed by atoms with Crippen LogP contribution in [0.1, 0.15) is 28.1 Å². The molecule has 0 spiro atoms. The number of nitrogens with zero attached hydrogens (tertiary/aromatic N) is 5. The lowest BCUT2D eigenvalue weighted by Gasteiger charge is -2.23. The van der Waals surface area contributed by atoms with Gasteiger partial charge in [-0.2, -0.15) is 5.10 Å². The molecule has 0 fully saturated rings. The van der Waals surface area contributed by atoms with Gasteiger partial charge in [0.15, 0.2) is 11.8 Å². The van der Waals surface area contributed by atoms with Crippen LogP contribution in [0.3, 0.4) is 0 Å². The van der Waals surface area contributed by atoms with Gasteiger partial charge in [-0.15, -0.1) is 24.0 Å². The molecular formula is C22H29IN6. The van der Waals surface area contributed by atoms with Crippen LogP contribution in [0.25, 0.3) is 5.82 Å². The number of rotatable bonds is 5. The second-order valence-corrected chi connectivity index (χ2v) is 7.05. The summed E-state index contributed by atoms with van der Waals surface area (Å²) in [7, 11) is 3.85. The molecule has 3 aromatic rings. The number of guanidine groups is 1. The Hall–Kier alpha value is -2.42. The first-order chi connectivity index (χ1) is 13.5. The smallest absolute Gasteiger partial charge is 0.193 e. The SMILES string of the molecule is CN=C(NCc1ccc(-n2nc(C)cc2C)nc1)N(C)Cc1ccccc1C.I. The molecule has 1 N–H and O–H groups in total. The summed E-state index contributed by atoms with van der Waals surface area (Å²) in [4.78, 5) is 11.1. The molecule has 154 valence electrons. The van der Waals surface area contributed by atoms with E-state index in [1.54, 1.807) is 7.05 Å². The summed E-state index contributed by atoms with van der Waals surface area (Å²) in [6.07, 6.45) is 1.88. The van der Waals surface area contributed by atoms with Crippen LogP contribution in [0.5, 0.6) is 0 Å². The van der Waals surface area contributed by atoms with E-state index in [0.717, 1.165) is 35.3 Å². The van der Waals surface area contributed by atoms with Crippen molar-refractivity contribution in [3.63, 3.8) is 0 Å². The number of aromatic nitrogens is 3. The summed E-state index contributed by atoms with van der Waals surface area (Å²) in [6, 6.07) is 14.5. The van der Waals surface area contributed by atoms with Crippen molar-refractivity contribution in [2.24, 2.45) is 4.99 Å². The van der Waals surface area contributed by atoms with Crippen molar-refractivity contribution in [1.29, 1.82) is 0 Å². The van der Waals surface area contributed by atoms with Crippen LogP contribution in [0.2, 0.25) is 0 Å². The highest BCUT2D eigenvalue weighted by molar-refractivity contribution is 14.0. The van der Waals surface area contributed by atoms with Crippen molar-refractivity contribution in [3.05, 3.63) is 76.7 Å². The van der Waals surface area contributed by atoms with Crippen molar-refractivity contribution in [1.82, 2.24) is 25.0 Å². The topological polar surface area (TPSA) is 58.3 Å². The molecule has 0 bridgehead atoms. The fourth-order valence-electron chi connectivity index (χ4n) is 3.19. The average molecular weight is 504 g/mol. The quantitative estimate of drug-likeness (QED) is 0.324. The highest BCUT2D eigenvalue weighted by Gasteiger charge is 2.09. The molecule has 6 nitrogen and oxygen atoms in total. The second kappa shape index (κ2) is 10.4. The Balaban J connectivity index is 0.00000300. The van der Waals surface area contributed by atoms with Gasteiger partial charge in [0.25, 0.3) is 0 Å². The van der Waals surface area contributed by atoms with Gasteiger partial charge in [-0.1, -0.05) is 30.3 Å². The van der Waals surface area contributed by atoms with Gasteiger partial charge in [-0.25, -0.2) is 9.67 Å². The molecule has 0 aliphatic heterocycles. The van der Waals surface area contributed by atoms with E-state index in [2.05, 4.69) is 62.5 Å². The number of benzene rings is 1. The van der Waals surface area contributed by atoms with Gasteiger partial charge in [0.1, 0.15) is 0 Å². The first-order valence-corrected chi connectivity index (χ1v) is 9.43. The van der Waals surface area contributed by atoms with Crippen molar-refractivity contribution < 1.29 is 0 Å². The zero-order valence-electron chi connectivity index (χ0n) is 17.7. The van der Waals surface area contributed by atoms with Crippen LogP contribution in [-0.2, 0) is 13.1 Å². The molecule has 0 radical (unpaired) electrons. The fourth-order valence-corrected chi connectivity index (χ4v) is 3.19. The molecule has 7 heteroatoms. The molecule has 0 saturated heterocycles. The molecule has 3 rings (SSSR count). The zero-order chi connectivity index (χ0) is 20.1. The molecule has 2 aromatic heterocycles. The van der Waals surface area contributed by atoms with Gasteiger partial charge >= 0.3 is 0 Å². The molecule has 29 heavy (non-hydrogen) atoms. The van der Waals surface area contributed by atoms with Gasteiger partial charge < -0.3 is 10.2 Å². The van der Waals surface area contributed by atoms with Crippen LogP contribution in [0.4, 0.5) is 0 Å². The Bertz CT molecular complexity index is 962. The minimum atomic E-state index is 0. The van der Waals surface area contributed by atoms with Crippen LogP contribution in [-0.4, -0.2) is 39.7 Å². The molecule has 0 amide bonds. The van der Waals surface area contributed by atoms with Gasteiger partial charge in [-0.3, -0.25) is 4.99 Å². The molecular weight excluding hydrogens is 475 g/mol. The van der Waals surface area contributed by atoms with E-state index >= 15 is 0 Å². The van der Waals surface area contributed by atoms with E-state index in [4.69, 9.17) is 0 Å². The first-order valence-electron chi connectivity index (χ1n) is 9.43. The number of halogens is 1. The number of aliphatic imine (C=N–C) groups is 1. The second-order valence-electron chi connectivity index (χ2n) is 7.05. The van der Waals surface area contributed by atoms with Crippen LogP contribution < -0.4 is 5.32 Å². The minimum absolute atomic E-state index is 0. The lowest BCUT2D eigenvalue weighted by Crippen LogP contribution is -2.38. The summed E-state index contributed by atoms with van der Waals surface area (Å²) in [5, 5.41) is 7.89. The molecule has 2 heterocycles. The third kappa shape index (κ3) is 5.79. The normalized spacial score (nSPS) is 11.1. The van der Waals surface area contributed by atoms with Crippen molar-refractivity contribution >= 4 is 29.9 Å². The third-order valence-corrected chi connectivity index (χ3v) is 4.73.